The van der Waals surface area contributed by atoms with Gasteiger partial charge < -0.3 is 11.1 Å². The van der Waals surface area contributed by atoms with E-state index in [1.165, 1.54) is 0 Å². The van der Waals surface area contributed by atoms with Crippen LogP contribution in [0.4, 0.5) is 5.00 Å². The Morgan fingerprint density at radius 1 is 1.60 bits per heavy atom. The lowest BCUT2D eigenvalue weighted by Crippen LogP contribution is -2.16. The highest BCUT2D eigenvalue weighted by Gasteiger charge is 2.25. The number of nitriles is 1. The predicted molar refractivity (Wildman–Crippen MR) is 62.8 cm³/mol. The molecule has 0 atom stereocenters. The van der Waals surface area contributed by atoms with Crippen molar-refractivity contribution in [3.8, 4) is 6.07 Å². The number of rotatable bonds is 4. The van der Waals surface area contributed by atoms with Gasteiger partial charge >= 0.3 is 0 Å². The second kappa shape index (κ2) is 4.60. The summed E-state index contributed by atoms with van der Waals surface area (Å²) in [4.78, 5) is 4.47. The Kier molecular flexibility index (Phi) is 3.66. The number of hydrogen-bond donors (Lipinski definition) is 2. The first kappa shape index (κ1) is 12.0. The Hall–Kier alpha value is -1.12. The van der Waals surface area contributed by atoms with Crippen LogP contribution in [0.15, 0.2) is 0 Å². The zero-order valence-electron chi connectivity index (χ0n) is 9.29. The molecule has 0 fully saturated rings. The first-order valence-corrected chi connectivity index (χ1v) is 5.61. The molecule has 1 aromatic rings. The van der Waals surface area contributed by atoms with Crippen molar-refractivity contribution in [1.29, 1.82) is 5.26 Å². The highest BCUT2D eigenvalue weighted by Crippen LogP contribution is 2.34. The van der Waals surface area contributed by atoms with Gasteiger partial charge in [-0.05, 0) is 0 Å². The largest absolute Gasteiger partial charge is 0.378 e. The van der Waals surface area contributed by atoms with Crippen LogP contribution in [0.3, 0.4) is 0 Å². The molecule has 0 spiro atoms. The van der Waals surface area contributed by atoms with Crippen molar-refractivity contribution in [2.75, 3.05) is 12.4 Å². The number of nitrogens with zero attached hydrogens (tertiary/aromatic N) is 2. The maximum atomic E-state index is 8.74. The predicted octanol–water partition coefficient (Wildman–Crippen LogP) is 1.83. The molecule has 1 heterocycles. The number of anilines is 1. The number of nitrogens with two attached hydrogens (primary N) is 1. The summed E-state index contributed by atoms with van der Waals surface area (Å²) in [6, 6.07) is 2.19. The molecule has 0 bridgehead atoms. The molecule has 4 nitrogen and oxygen atoms in total. The van der Waals surface area contributed by atoms with Crippen molar-refractivity contribution < 1.29 is 0 Å². The number of nitrogens with one attached hydrogen (secondary N) is 1. The van der Waals surface area contributed by atoms with E-state index in [0.29, 0.717) is 13.0 Å². The lowest BCUT2D eigenvalue weighted by Gasteiger charge is -2.16. The quantitative estimate of drug-likeness (QED) is 0.818. The third kappa shape index (κ3) is 2.46. The van der Waals surface area contributed by atoms with Gasteiger partial charge in [-0.25, -0.2) is 4.98 Å². The molecule has 0 aliphatic rings. The highest BCUT2D eigenvalue weighted by molar-refractivity contribution is 7.16. The first-order valence-electron chi connectivity index (χ1n) is 4.80. The second-order valence-electron chi connectivity index (χ2n) is 3.97. The van der Waals surface area contributed by atoms with Gasteiger partial charge in [-0.3, -0.25) is 0 Å². The van der Waals surface area contributed by atoms with Crippen LogP contribution in [0, 0.1) is 11.3 Å². The maximum absolute atomic E-state index is 8.74. The van der Waals surface area contributed by atoms with E-state index in [1.807, 2.05) is 20.9 Å². The average molecular weight is 224 g/mol. The third-order valence-electron chi connectivity index (χ3n) is 2.22. The Morgan fingerprint density at radius 3 is 2.67 bits per heavy atom. The van der Waals surface area contributed by atoms with Crippen molar-refractivity contribution in [1.82, 2.24) is 4.98 Å². The first-order chi connectivity index (χ1) is 7.05. The molecule has 0 unspecified atom stereocenters. The maximum Gasteiger partial charge on any atom is 0.113 e. The van der Waals surface area contributed by atoms with Gasteiger partial charge in [-0.15, -0.1) is 11.3 Å². The molecule has 0 aliphatic carbocycles. The lowest BCUT2D eigenvalue weighted by molar-refractivity contribution is 0.534. The fraction of sp³-hybridized carbons (Fsp3) is 0.600. The van der Waals surface area contributed by atoms with E-state index in [0.717, 1.165) is 15.7 Å². The highest BCUT2D eigenvalue weighted by atomic mass is 32.1. The van der Waals surface area contributed by atoms with E-state index in [4.69, 9.17) is 11.0 Å². The summed E-state index contributed by atoms with van der Waals surface area (Å²) in [5, 5.41) is 13.8. The minimum absolute atomic E-state index is 0.196. The Morgan fingerprint density at radius 2 is 2.27 bits per heavy atom. The van der Waals surface area contributed by atoms with Gasteiger partial charge in [0.15, 0.2) is 0 Å². The van der Waals surface area contributed by atoms with E-state index in [9.17, 15) is 0 Å². The van der Waals surface area contributed by atoms with E-state index < -0.39 is 0 Å². The molecule has 15 heavy (non-hydrogen) atoms. The van der Waals surface area contributed by atoms with Crippen LogP contribution in [0.2, 0.25) is 0 Å². The van der Waals surface area contributed by atoms with Gasteiger partial charge in [-0.1, -0.05) is 13.8 Å². The monoisotopic (exact) mass is 224 g/mol. The zero-order valence-corrected chi connectivity index (χ0v) is 10.1. The Labute approximate surface area is 94.1 Å². The normalized spacial score (nSPS) is 11.1. The zero-order chi connectivity index (χ0) is 11.5. The molecule has 82 valence electrons. The van der Waals surface area contributed by atoms with E-state index in [1.54, 1.807) is 11.3 Å². The van der Waals surface area contributed by atoms with Crippen LogP contribution >= 0.6 is 11.3 Å². The van der Waals surface area contributed by atoms with E-state index in [2.05, 4.69) is 16.4 Å². The van der Waals surface area contributed by atoms with Gasteiger partial charge in [-0.2, -0.15) is 5.26 Å². The second-order valence-corrected chi connectivity index (χ2v) is 4.97. The summed E-state index contributed by atoms with van der Waals surface area (Å²) in [5.41, 5.74) is 6.28. The van der Waals surface area contributed by atoms with Crippen LogP contribution in [0.25, 0.3) is 0 Å². The average Bonchev–Trinajstić information content (AvgIpc) is 2.61. The van der Waals surface area contributed by atoms with Crippen LogP contribution in [-0.2, 0) is 12.0 Å². The molecule has 5 heteroatoms. The molecule has 0 amide bonds. The van der Waals surface area contributed by atoms with Gasteiger partial charge in [0.1, 0.15) is 10.0 Å². The summed E-state index contributed by atoms with van der Waals surface area (Å²) in [6.45, 7) is 4.47. The Balaban J connectivity index is 3.06. The van der Waals surface area contributed by atoms with Crippen molar-refractivity contribution in [3.63, 3.8) is 0 Å². The SMILES string of the molecule is CNc1sc(C(C)(C)CC#N)nc1CN. The van der Waals surface area contributed by atoms with Gasteiger partial charge in [0, 0.05) is 25.4 Å². The Bertz CT molecular complexity index is 354. The van der Waals surface area contributed by atoms with Crippen molar-refractivity contribution >= 4 is 16.3 Å². The van der Waals surface area contributed by atoms with Gasteiger partial charge in [0.05, 0.1) is 11.8 Å². The minimum atomic E-state index is -0.196. The standard InChI is InChI=1S/C10H16N4S/c1-10(2,4-5-11)9-14-7(6-12)8(13-3)15-9/h13H,4,6,12H2,1-3H3. The molecule has 1 aromatic heterocycles. The number of aromatic nitrogens is 1. The van der Waals surface area contributed by atoms with Gasteiger partial charge in [0.2, 0.25) is 0 Å². The van der Waals surface area contributed by atoms with E-state index >= 15 is 0 Å². The fourth-order valence-electron chi connectivity index (χ4n) is 1.25. The van der Waals surface area contributed by atoms with Crippen molar-refractivity contribution in [2.24, 2.45) is 5.73 Å². The summed E-state index contributed by atoms with van der Waals surface area (Å²) in [5.74, 6) is 0. The minimum Gasteiger partial charge on any atom is -0.378 e. The fourth-order valence-corrected chi connectivity index (χ4v) is 2.29. The number of hydrogen-bond acceptors (Lipinski definition) is 5. The lowest BCUT2D eigenvalue weighted by atomic mass is 9.91. The molecule has 3 N–H and O–H groups in total. The summed E-state index contributed by atoms with van der Waals surface area (Å²) < 4.78 is 0. The molecular weight excluding hydrogens is 208 g/mol. The van der Waals surface area contributed by atoms with Crippen molar-refractivity contribution in [2.45, 2.75) is 32.2 Å². The van der Waals surface area contributed by atoms with Gasteiger partial charge in [0.25, 0.3) is 0 Å². The molecule has 0 aliphatic heterocycles. The topological polar surface area (TPSA) is 74.7 Å². The molecule has 0 radical (unpaired) electrons. The molecule has 0 aromatic carbocycles. The molecule has 0 saturated heterocycles. The number of thiazole rings is 1. The molecule has 1 rings (SSSR count). The van der Waals surface area contributed by atoms with Crippen molar-refractivity contribution in [3.05, 3.63) is 10.7 Å². The van der Waals surface area contributed by atoms with Crippen LogP contribution < -0.4 is 11.1 Å². The smallest absolute Gasteiger partial charge is 0.113 e. The summed E-state index contributed by atoms with van der Waals surface area (Å²) in [6.07, 6.45) is 0.466. The third-order valence-corrected chi connectivity index (χ3v) is 3.70. The molecule has 0 saturated carbocycles. The van der Waals surface area contributed by atoms with E-state index in [-0.39, 0.29) is 5.41 Å². The molecular formula is C10H16N4S. The summed E-state index contributed by atoms with van der Waals surface area (Å²) >= 11 is 1.58. The van der Waals surface area contributed by atoms with Crippen LogP contribution in [-0.4, -0.2) is 12.0 Å². The van der Waals surface area contributed by atoms with Crippen LogP contribution in [0.1, 0.15) is 31.0 Å². The van der Waals surface area contributed by atoms with Crippen LogP contribution in [0.5, 0.6) is 0 Å². The summed E-state index contributed by atoms with van der Waals surface area (Å²) in [7, 11) is 1.85.